The van der Waals surface area contributed by atoms with E-state index in [0.29, 0.717) is 0 Å². The summed E-state index contributed by atoms with van der Waals surface area (Å²) < 4.78 is 1.81. The Balaban J connectivity index is 1.74. The second kappa shape index (κ2) is 7.00. The molecule has 0 aliphatic heterocycles. The first-order valence-corrected chi connectivity index (χ1v) is 9.41. The van der Waals surface area contributed by atoms with Crippen LogP contribution in [0.15, 0.2) is 47.6 Å². The fourth-order valence-corrected chi connectivity index (χ4v) is 3.38. The number of rotatable bonds is 4. The van der Waals surface area contributed by atoms with Gasteiger partial charge in [-0.3, -0.25) is 0 Å². The second-order valence-electron chi connectivity index (χ2n) is 7.38. The molecule has 4 nitrogen and oxygen atoms in total. The van der Waals surface area contributed by atoms with E-state index in [1.54, 1.807) is 16.4 Å². The molecule has 130 valence electrons. The maximum Gasteiger partial charge on any atom is 0.214 e. The molecule has 0 bridgehead atoms. The van der Waals surface area contributed by atoms with Crippen LogP contribution in [0.1, 0.15) is 43.0 Å². The Morgan fingerprint density at radius 3 is 2.32 bits per heavy atom. The van der Waals surface area contributed by atoms with Crippen molar-refractivity contribution in [3.8, 4) is 5.69 Å². The van der Waals surface area contributed by atoms with Gasteiger partial charge in [-0.05, 0) is 64.1 Å². The fraction of sp³-hybridized carbons (Fsp3) is 0.350. The Labute approximate surface area is 153 Å². The van der Waals surface area contributed by atoms with Crippen LogP contribution in [0.25, 0.3) is 5.69 Å². The van der Waals surface area contributed by atoms with Gasteiger partial charge in [-0.25, -0.2) is 0 Å². The number of tetrazole rings is 1. The van der Waals surface area contributed by atoms with Crippen molar-refractivity contribution in [3.63, 3.8) is 0 Å². The van der Waals surface area contributed by atoms with Crippen molar-refractivity contribution >= 4 is 11.8 Å². The molecule has 5 heteroatoms. The Bertz CT molecular complexity index is 860. The van der Waals surface area contributed by atoms with Crippen LogP contribution in [0, 0.1) is 13.8 Å². The van der Waals surface area contributed by atoms with Gasteiger partial charge in [-0.2, -0.15) is 4.68 Å². The molecule has 1 aromatic heterocycles. The molecular weight excluding hydrogens is 328 g/mol. The van der Waals surface area contributed by atoms with Gasteiger partial charge in [0.15, 0.2) is 0 Å². The largest absolute Gasteiger partial charge is 0.214 e. The van der Waals surface area contributed by atoms with Gasteiger partial charge in [0.25, 0.3) is 0 Å². The summed E-state index contributed by atoms with van der Waals surface area (Å²) in [6.45, 7) is 10.9. The minimum absolute atomic E-state index is 0.180. The van der Waals surface area contributed by atoms with E-state index < -0.39 is 0 Å². The molecule has 0 fully saturated rings. The molecule has 0 N–H and O–H groups in total. The summed E-state index contributed by atoms with van der Waals surface area (Å²) in [5.74, 6) is 0.843. The highest BCUT2D eigenvalue weighted by Crippen LogP contribution is 2.26. The zero-order chi connectivity index (χ0) is 18.0. The van der Waals surface area contributed by atoms with Crippen molar-refractivity contribution in [3.05, 3.63) is 64.7 Å². The predicted octanol–water partition coefficient (Wildman–Crippen LogP) is 4.87. The molecule has 0 spiro atoms. The molecule has 0 aliphatic carbocycles. The highest BCUT2D eigenvalue weighted by molar-refractivity contribution is 7.98. The molecule has 0 radical (unpaired) electrons. The van der Waals surface area contributed by atoms with Gasteiger partial charge in [-0.1, -0.05) is 62.9 Å². The smallest absolute Gasteiger partial charge is 0.187 e. The van der Waals surface area contributed by atoms with E-state index in [1.165, 1.54) is 22.3 Å². The van der Waals surface area contributed by atoms with Crippen LogP contribution in [0.5, 0.6) is 0 Å². The number of hydrogen-bond acceptors (Lipinski definition) is 4. The molecule has 1 heterocycles. The molecule has 3 aromatic rings. The lowest BCUT2D eigenvalue weighted by Crippen LogP contribution is -2.10. The van der Waals surface area contributed by atoms with E-state index in [-0.39, 0.29) is 5.41 Å². The first kappa shape index (κ1) is 17.7. The third-order valence-electron chi connectivity index (χ3n) is 4.36. The summed E-state index contributed by atoms with van der Waals surface area (Å²) in [6.07, 6.45) is 0. The quantitative estimate of drug-likeness (QED) is 0.628. The lowest BCUT2D eigenvalue weighted by Gasteiger charge is -2.19. The monoisotopic (exact) mass is 352 g/mol. The first-order valence-electron chi connectivity index (χ1n) is 8.43. The zero-order valence-electron chi connectivity index (χ0n) is 15.4. The van der Waals surface area contributed by atoms with Crippen LogP contribution >= 0.6 is 11.8 Å². The summed E-state index contributed by atoms with van der Waals surface area (Å²) in [5, 5.41) is 13.0. The van der Waals surface area contributed by atoms with Crippen molar-refractivity contribution < 1.29 is 0 Å². The predicted molar refractivity (Wildman–Crippen MR) is 103 cm³/mol. The van der Waals surface area contributed by atoms with Gasteiger partial charge in [0.2, 0.25) is 5.16 Å². The van der Waals surface area contributed by atoms with Crippen LogP contribution in [0.2, 0.25) is 0 Å². The first-order chi connectivity index (χ1) is 11.8. The average molecular weight is 353 g/mol. The molecular formula is C20H24N4S. The summed E-state index contributed by atoms with van der Waals surface area (Å²) in [6, 6.07) is 15.1. The van der Waals surface area contributed by atoms with E-state index >= 15 is 0 Å². The SMILES string of the molecule is Cc1ccc(-n2nnnc2SCc2ccc(C(C)(C)C)cc2)cc1C. The number of aromatic nitrogens is 4. The molecule has 0 aliphatic rings. The van der Waals surface area contributed by atoms with Crippen LogP contribution < -0.4 is 0 Å². The number of aryl methyl sites for hydroxylation is 2. The van der Waals surface area contributed by atoms with Crippen molar-refractivity contribution in [1.29, 1.82) is 0 Å². The fourth-order valence-electron chi connectivity index (χ4n) is 2.54. The molecule has 0 amide bonds. The Hall–Kier alpha value is -2.14. The maximum atomic E-state index is 4.18. The highest BCUT2D eigenvalue weighted by Gasteiger charge is 2.14. The number of benzene rings is 2. The van der Waals surface area contributed by atoms with Crippen LogP contribution in [-0.2, 0) is 11.2 Å². The number of nitrogens with zero attached hydrogens (tertiary/aromatic N) is 4. The molecule has 2 aromatic carbocycles. The average Bonchev–Trinajstić information content (AvgIpc) is 3.03. The Kier molecular flexibility index (Phi) is 4.95. The third kappa shape index (κ3) is 4.10. The summed E-state index contributed by atoms with van der Waals surface area (Å²) in [7, 11) is 0. The van der Waals surface area contributed by atoms with Gasteiger partial charge in [0, 0.05) is 5.75 Å². The normalized spacial score (nSPS) is 11.7. The molecule has 0 atom stereocenters. The minimum atomic E-state index is 0.180. The van der Waals surface area contributed by atoms with Crippen LogP contribution in [-0.4, -0.2) is 20.2 Å². The van der Waals surface area contributed by atoms with E-state index in [9.17, 15) is 0 Å². The van der Waals surface area contributed by atoms with E-state index in [0.717, 1.165) is 16.6 Å². The lowest BCUT2D eigenvalue weighted by molar-refractivity contribution is 0.590. The molecule has 0 saturated heterocycles. The lowest BCUT2D eigenvalue weighted by atomic mass is 9.87. The number of hydrogen-bond donors (Lipinski definition) is 0. The standard InChI is InChI=1S/C20H24N4S/c1-14-6-11-18(12-15(14)2)24-19(21-22-23-24)25-13-16-7-9-17(10-8-16)20(3,4)5/h6-12H,13H2,1-5H3. The van der Waals surface area contributed by atoms with Gasteiger partial charge in [-0.15, -0.1) is 5.10 Å². The Morgan fingerprint density at radius 1 is 0.960 bits per heavy atom. The third-order valence-corrected chi connectivity index (χ3v) is 5.35. The molecule has 0 saturated carbocycles. The summed E-state index contributed by atoms with van der Waals surface area (Å²) >= 11 is 1.65. The van der Waals surface area contributed by atoms with Crippen molar-refractivity contribution in [2.45, 2.75) is 50.9 Å². The van der Waals surface area contributed by atoms with Gasteiger partial charge < -0.3 is 0 Å². The summed E-state index contributed by atoms with van der Waals surface area (Å²) in [5.41, 5.74) is 6.30. The molecule has 3 rings (SSSR count). The van der Waals surface area contributed by atoms with E-state index in [2.05, 4.69) is 92.6 Å². The van der Waals surface area contributed by atoms with Crippen molar-refractivity contribution in [2.75, 3.05) is 0 Å². The number of thioether (sulfide) groups is 1. The highest BCUT2D eigenvalue weighted by atomic mass is 32.2. The van der Waals surface area contributed by atoms with Gasteiger partial charge >= 0.3 is 0 Å². The maximum absolute atomic E-state index is 4.18. The van der Waals surface area contributed by atoms with Crippen molar-refractivity contribution in [2.24, 2.45) is 0 Å². The van der Waals surface area contributed by atoms with Crippen LogP contribution in [0.3, 0.4) is 0 Å². The zero-order valence-corrected chi connectivity index (χ0v) is 16.3. The van der Waals surface area contributed by atoms with E-state index in [4.69, 9.17) is 0 Å². The molecule has 25 heavy (non-hydrogen) atoms. The van der Waals surface area contributed by atoms with Crippen molar-refractivity contribution in [1.82, 2.24) is 20.2 Å². The minimum Gasteiger partial charge on any atom is -0.187 e. The van der Waals surface area contributed by atoms with Gasteiger partial charge in [0.1, 0.15) is 0 Å². The second-order valence-corrected chi connectivity index (χ2v) is 8.32. The van der Waals surface area contributed by atoms with E-state index in [1.807, 2.05) is 0 Å². The Morgan fingerprint density at radius 2 is 1.68 bits per heavy atom. The molecule has 0 unspecified atom stereocenters. The van der Waals surface area contributed by atoms with Crippen LogP contribution in [0.4, 0.5) is 0 Å². The van der Waals surface area contributed by atoms with Gasteiger partial charge in [0.05, 0.1) is 5.69 Å². The topological polar surface area (TPSA) is 43.6 Å². The summed E-state index contributed by atoms with van der Waals surface area (Å²) in [4.78, 5) is 0.